The highest BCUT2D eigenvalue weighted by atomic mass is 127. The van der Waals surface area contributed by atoms with Crippen LogP contribution in [0.25, 0.3) is 10.4 Å². The second-order valence-electron chi connectivity index (χ2n) is 5.69. The minimum Gasteiger partial charge on any atom is -0.497 e. The van der Waals surface area contributed by atoms with Gasteiger partial charge in [-0.3, -0.25) is 0 Å². The van der Waals surface area contributed by atoms with Crippen molar-refractivity contribution in [2.24, 2.45) is 4.99 Å². The summed E-state index contributed by atoms with van der Waals surface area (Å²) in [6.45, 7) is 6.25. The molecule has 144 valence electrons. The van der Waals surface area contributed by atoms with E-state index in [0.29, 0.717) is 13.2 Å². The van der Waals surface area contributed by atoms with E-state index in [1.165, 1.54) is 15.3 Å². The van der Waals surface area contributed by atoms with Crippen LogP contribution in [0.1, 0.15) is 18.7 Å². The van der Waals surface area contributed by atoms with Gasteiger partial charge in [0.1, 0.15) is 5.75 Å². The zero-order valence-electron chi connectivity index (χ0n) is 15.7. The van der Waals surface area contributed by atoms with Gasteiger partial charge in [0.2, 0.25) is 0 Å². The van der Waals surface area contributed by atoms with Gasteiger partial charge in [-0.15, -0.1) is 35.3 Å². The van der Waals surface area contributed by atoms with Crippen LogP contribution in [0.3, 0.4) is 0 Å². The standard InChI is InChI=1S/C19H27N3O2S.HI/c1-5-20-19(22-14(2)13-23-3)21-12-17-10-11-18(25-17)15-6-8-16(24-4)9-7-15;/h6-11,14H,5,12-13H2,1-4H3,(H2,20,21,22);1H. The Hall–Kier alpha value is -1.32. The Kier molecular flexibility index (Phi) is 10.6. The van der Waals surface area contributed by atoms with Crippen LogP contribution in [-0.4, -0.2) is 39.4 Å². The Labute approximate surface area is 177 Å². The number of benzene rings is 1. The third-order valence-corrected chi connectivity index (χ3v) is 4.69. The average Bonchev–Trinajstić information content (AvgIpc) is 3.09. The van der Waals surface area contributed by atoms with Crippen molar-refractivity contribution in [2.75, 3.05) is 27.4 Å². The lowest BCUT2D eigenvalue weighted by molar-refractivity contribution is 0.179. The normalized spacial score (nSPS) is 12.2. The maximum atomic E-state index is 5.21. The highest BCUT2D eigenvalue weighted by Crippen LogP contribution is 2.29. The first-order valence-electron chi connectivity index (χ1n) is 8.43. The summed E-state index contributed by atoms with van der Waals surface area (Å²) in [7, 11) is 3.38. The van der Waals surface area contributed by atoms with E-state index >= 15 is 0 Å². The molecule has 0 aliphatic rings. The Balaban J connectivity index is 0.00000338. The second kappa shape index (κ2) is 12.1. The van der Waals surface area contributed by atoms with E-state index < -0.39 is 0 Å². The summed E-state index contributed by atoms with van der Waals surface area (Å²) in [6.07, 6.45) is 0. The van der Waals surface area contributed by atoms with Crippen molar-refractivity contribution in [2.45, 2.75) is 26.4 Å². The van der Waals surface area contributed by atoms with Crippen molar-refractivity contribution in [3.05, 3.63) is 41.3 Å². The summed E-state index contributed by atoms with van der Waals surface area (Å²) in [5, 5.41) is 6.61. The van der Waals surface area contributed by atoms with Gasteiger partial charge in [-0.05, 0) is 55.8 Å². The molecular weight excluding hydrogens is 461 g/mol. The molecule has 0 spiro atoms. The third-order valence-electron chi connectivity index (χ3n) is 3.57. The summed E-state index contributed by atoms with van der Waals surface area (Å²) in [5.41, 5.74) is 1.19. The van der Waals surface area contributed by atoms with Crippen molar-refractivity contribution in [1.29, 1.82) is 0 Å². The van der Waals surface area contributed by atoms with Gasteiger partial charge in [0, 0.05) is 29.5 Å². The number of aliphatic imine (C=N–C) groups is 1. The Morgan fingerprint density at radius 2 is 1.88 bits per heavy atom. The molecule has 26 heavy (non-hydrogen) atoms. The molecule has 0 amide bonds. The van der Waals surface area contributed by atoms with Crippen LogP contribution in [0.5, 0.6) is 5.75 Å². The van der Waals surface area contributed by atoms with Crippen LogP contribution in [0.15, 0.2) is 41.4 Å². The molecule has 1 unspecified atom stereocenters. The number of halogens is 1. The Morgan fingerprint density at radius 3 is 2.50 bits per heavy atom. The number of ether oxygens (including phenoxy) is 2. The fraction of sp³-hybridized carbons (Fsp3) is 0.421. The summed E-state index contributed by atoms with van der Waals surface area (Å²) < 4.78 is 10.4. The highest BCUT2D eigenvalue weighted by molar-refractivity contribution is 14.0. The zero-order valence-corrected chi connectivity index (χ0v) is 18.9. The van der Waals surface area contributed by atoms with Crippen molar-refractivity contribution in [3.63, 3.8) is 0 Å². The Bertz CT molecular complexity index is 674. The molecule has 1 heterocycles. The molecule has 5 nitrogen and oxygen atoms in total. The number of hydrogen-bond donors (Lipinski definition) is 2. The van der Waals surface area contributed by atoms with Gasteiger partial charge in [0.05, 0.1) is 20.3 Å². The van der Waals surface area contributed by atoms with Gasteiger partial charge in [0.15, 0.2) is 5.96 Å². The van der Waals surface area contributed by atoms with Crippen LogP contribution in [-0.2, 0) is 11.3 Å². The van der Waals surface area contributed by atoms with Crippen molar-refractivity contribution >= 4 is 41.3 Å². The minimum absolute atomic E-state index is 0. The molecule has 0 aliphatic carbocycles. The minimum atomic E-state index is 0. The lowest BCUT2D eigenvalue weighted by Gasteiger charge is -2.16. The van der Waals surface area contributed by atoms with Crippen LogP contribution >= 0.6 is 35.3 Å². The molecule has 0 bridgehead atoms. The molecule has 2 aromatic rings. The Morgan fingerprint density at radius 1 is 1.15 bits per heavy atom. The van der Waals surface area contributed by atoms with Crippen molar-refractivity contribution in [3.8, 4) is 16.2 Å². The van der Waals surface area contributed by atoms with Crippen LogP contribution < -0.4 is 15.4 Å². The molecule has 1 aromatic carbocycles. The number of nitrogens with zero attached hydrogens (tertiary/aromatic N) is 1. The fourth-order valence-corrected chi connectivity index (χ4v) is 3.31. The maximum Gasteiger partial charge on any atom is 0.191 e. The summed E-state index contributed by atoms with van der Waals surface area (Å²) >= 11 is 1.76. The first-order valence-corrected chi connectivity index (χ1v) is 9.24. The van der Waals surface area contributed by atoms with Gasteiger partial charge in [-0.2, -0.15) is 0 Å². The van der Waals surface area contributed by atoms with E-state index in [2.05, 4.69) is 53.7 Å². The van der Waals surface area contributed by atoms with E-state index in [1.54, 1.807) is 25.6 Å². The predicted octanol–water partition coefficient (Wildman–Crippen LogP) is 4.13. The molecule has 0 saturated carbocycles. The highest BCUT2D eigenvalue weighted by Gasteiger charge is 2.06. The van der Waals surface area contributed by atoms with Gasteiger partial charge in [0.25, 0.3) is 0 Å². The molecule has 7 heteroatoms. The summed E-state index contributed by atoms with van der Waals surface area (Å²) in [6, 6.07) is 12.6. The molecule has 0 saturated heterocycles. The largest absolute Gasteiger partial charge is 0.497 e. The quantitative estimate of drug-likeness (QED) is 0.333. The fourth-order valence-electron chi connectivity index (χ4n) is 2.38. The number of nitrogens with one attached hydrogen (secondary N) is 2. The third kappa shape index (κ3) is 7.13. The van der Waals surface area contributed by atoms with Gasteiger partial charge < -0.3 is 20.1 Å². The van der Waals surface area contributed by atoms with Gasteiger partial charge >= 0.3 is 0 Å². The van der Waals surface area contributed by atoms with Crippen molar-refractivity contribution in [1.82, 2.24) is 10.6 Å². The lowest BCUT2D eigenvalue weighted by atomic mass is 10.2. The van der Waals surface area contributed by atoms with Gasteiger partial charge in [-0.1, -0.05) is 0 Å². The molecule has 0 aliphatic heterocycles. The average molecular weight is 489 g/mol. The second-order valence-corrected chi connectivity index (χ2v) is 6.86. The molecule has 0 fully saturated rings. The monoisotopic (exact) mass is 489 g/mol. The SMILES string of the molecule is CCNC(=NCc1ccc(-c2ccc(OC)cc2)s1)NC(C)COC.I. The summed E-state index contributed by atoms with van der Waals surface area (Å²) in [5.74, 6) is 1.68. The van der Waals surface area contributed by atoms with E-state index in [0.717, 1.165) is 18.3 Å². The molecule has 0 radical (unpaired) electrons. The topological polar surface area (TPSA) is 54.9 Å². The number of hydrogen-bond acceptors (Lipinski definition) is 4. The molecule has 2 rings (SSSR count). The molecular formula is C19H28IN3O2S. The lowest BCUT2D eigenvalue weighted by Crippen LogP contribution is -2.43. The van der Waals surface area contributed by atoms with Crippen LogP contribution in [0.4, 0.5) is 0 Å². The van der Waals surface area contributed by atoms with E-state index in [9.17, 15) is 0 Å². The van der Waals surface area contributed by atoms with Gasteiger partial charge in [-0.25, -0.2) is 4.99 Å². The van der Waals surface area contributed by atoms with Crippen LogP contribution in [0, 0.1) is 0 Å². The number of thiophene rings is 1. The molecule has 1 atom stereocenters. The first kappa shape index (κ1) is 22.7. The first-order chi connectivity index (χ1) is 12.2. The molecule has 2 N–H and O–H groups in total. The van der Waals surface area contributed by atoms with E-state index in [1.807, 2.05) is 12.1 Å². The maximum absolute atomic E-state index is 5.21. The van der Waals surface area contributed by atoms with E-state index in [-0.39, 0.29) is 30.0 Å². The number of methoxy groups -OCH3 is 2. The van der Waals surface area contributed by atoms with E-state index in [4.69, 9.17) is 9.47 Å². The smallest absolute Gasteiger partial charge is 0.191 e. The predicted molar refractivity (Wildman–Crippen MR) is 121 cm³/mol. The number of rotatable bonds is 8. The summed E-state index contributed by atoms with van der Waals surface area (Å²) in [4.78, 5) is 7.13. The molecule has 1 aromatic heterocycles. The zero-order chi connectivity index (χ0) is 18.1. The van der Waals surface area contributed by atoms with Crippen molar-refractivity contribution < 1.29 is 9.47 Å². The van der Waals surface area contributed by atoms with Crippen LogP contribution in [0.2, 0.25) is 0 Å². The number of guanidine groups is 1.